The maximum Gasteiger partial charge on any atom is 0.123 e. The van der Waals surface area contributed by atoms with Crippen LogP contribution in [-0.2, 0) is 12.8 Å². The summed E-state index contributed by atoms with van der Waals surface area (Å²) in [4.78, 5) is 0. The number of halogens is 1. The summed E-state index contributed by atoms with van der Waals surface area (Å²) in [6, 6.07) is 14.3. The number of hydrogen-bond donors (Lipinski definition) is 1. The van der Waals surface area contributed by atoms with Gasteiger partial charge in [-0.25, -0.2) is 4.39 Å². The molecule has 110 valence electrons. The fourth-order valence-corrected chi connectivity index (χ4v) is 3.55. The summed E-state index contributed by atoms with van der Waals surface area (Å²) in [6.45, 7) is 4.97. The van der Waals surface area contributed by atoms with Crippen molar-refractivity contribution in [1.82, 2.24) is 5.32 Å². The Kier molecular flexibility index (Phi) is 4.07. The minimum Gasteiger partial charge on any atom is -0.310 e. The van der Waals surface area contributed by atoms with Crippen molar-refractivity contribution in [3.8, 4) is 0 Å². The van der Waals surface area contributed by atoms with Crippen molar-refractivity contribution in [2.75, 3.05) is 6.54 Å². The number of nitrogens with one attached hydrogen (secondary N) is 1. The van der Waals surface area contributed by atoms with Crippen LogP contribution < -0.4 is 5.32 Å². The Morgan fingerprint density at radius 1 is 1.14 bits per heavy atom. The van der Waals surface area contributed by atoms with Crippen molar-refractivity contribution in [2.24, 2.45) is 5.92 Å². The fourth-order valence-electron chi connectivity index (χ4n) is 3.55. The van der Waals surface area contributed by atoms with Gasteiger partial charge in [0.1, 0.15) is 5.82 Å². The molecule has 0 heterocycles. The van der Waals surface area contributed by atoms with Crippen LogP contribution in [0, 0.1) is 18.7 Å². The maximum absolute atomic E-state index is 13.8. The first-order valence-corrected chi connectivity index (χ1v) is 7.74. The van der Waals surface area contributed by atoms with Crippen LogP contribution in [0.25, 0.3) is 0 Å². The van der Waals surface area contributed by atoms with E-state index in [1.54, 1.807) is 12.1 Å². The first-order valence-electron chi connectivity index (χ1n) is 7.74. The lowest BCUT2D eigenvalue weighted by molar-refractivity contribution is 0.379. The SMILES string of the molecule is CCNC(c1cc(C)cc(F)c1)C1Cc2ccccc2C1. The molecule has 0 spiro atoms. The molecule has 2 heteroatoms. The van der Waals surface area contributed by atoms with E-state index in [2.05, 4.69) is 42.6 Å². The van der Waals surface area contributed by atoms with Gasteiger partial charge in [-0.15, -0.1) is 0 Å². The molecule has 1 unspecified atom stereocenters. The third kappa shape index (κ3) is 3.01. The molecular weight excluding hydrogens is 261 g/mol. The Hall–Kier alpha value is -1.67. The number of hydrogen-bond acceptors (Lipinski definition) is 1. The average Bonchev–Trinajstić information content (AvgIpc) is 2.87. The van der Waals surface area contributed by atoms with Gasteiger partial charge in [0.15, 0.2) is 0 Å². The van der Waals surface area contributed by atoms with Crippen molar-refractivity contribution < 1.29 is 4.39 Å². The van der Waals surface area contributed by atoms with E-state index in [1.807, 2.05) is 6.92 Å². The van der Waals surface area contributed by atoms with Crippen molar-refractivity contribution >= 4 is 0 Å². The van der Waals surface area contributed by atoms with E-state index in [0.717, 1.165) is 30.5 Å². The summed E-state index contributed by atoms with van der Waals surface area (Å²) < 4.78 is 13.8. The van der Waals surface area contributed by atoms with Gasteiger partial charge in [0.25, 0.3) is 0 Å². The van der Waals surface area contributed by atoms with E-state index in [0.29, 0.717) is 5.92 Å². The summed E-state index contributed by atoms with van der Waals surface area (Å²) >= 11 is 0. The van der Waals surface area contributed by atoms with Gasteiger partial charge in [-0.05, 0) is 66.6 Å². The second kappa shape index (κ2) is 5.98. The fraction of sp³-hybridized carbons (Fsp3) is 0.368. The van der Waals surface area contributed by atoms with Crippen LogP contribution in [0.15, 0.2) is 42.5 Å². The molecule has 3 rings (SSSR count). The number of aryl methyl sites for hydroxylation is 1. The number of rotatable bonds is 4. The molecule has 1 aliphatic carbocycles. The predicted octanol–water partition coefficient (Wildman–Crippen LogP) is 4.20. The van der Waals surface area contributed by atoms with Crippen LogP contribution in [0.5, 0.6) is 0 Å². The van der Waals surface area contributed by atoms with Gasteiger partial charge in [0.05, 0.1) is 0 Å². The van der Waals surface area contributed by atoms with Crippen LogP contribution in [-0.4, -0.2) is 6.54 Å². The smallest absolute Gasteiger partial charge is 0.123 e. The highest BCUT2D eigenvalue weighted by Gasteiger charge is 2.29. The lowest BCUT2D eigenvalue weighted by Crippen LogP contribution is -2.29. The highest BCUT2D eigenvalue weighted by atomic mass is 19.1. The molecule has 0 radical (unpaired) electrons. The second-order valence-electron chi connectivity index (χ2n) is 6.03. The number of benzene rings is 2. The summed E-state index contributed by atoms with van der Waals surface area (Å²) in [5, 5.41) is 3.56. The highest BCUT2D eigenvalue weighted by Crippen LogP contribution is 2.35. The average molecular weight is 283 g/mol. The van der Waals surface area contributed by atoms with Gasteiger partial charge in [0.2, 0.25) is 0 Å². The van der Waals surface area contributed by atoms with Crippen molar-refractivity contribution in [2.45, 2.75) is 32.7 Å². The second-order valence-corrected chi connectivity index (χ2v) is 6.03. The molecule has 0 saturated heterocycles. The van der Waals surface area contributed by atoms with Crippen molar-refractivity contribution in [3.63, 3.8) is 0 Å². The number of fused-ring (bicyclic) bond motifs is 1. The van der Waals surface area contributed by atoms with Gasteiger partial charge < -0.3 is 5.32 Å². The van der Waals surface area contributed by atoms with Gasteiger partial charge >= 0.3 is 0 Å². The van der Waals surface area contributed by atoms with E-state index >= 15 is 0 Å². The van der Waals surface area contributed by atoms with Crippen LogP contribution in [0.3, 0.4) is 0 Å². The van der Waals surface area contributed by atoms with E-state index in [1.165, 1.54) is 11.1 Å². The van der Waals surface area contributed by atoms with E-state index in [-0.39, 0.29) is 11.9 Å². The molecule has 1 aliphatic rings. The first kappa shape index (κ1) is 14.3. The largest absolute Gasteiger partial charge is 0.310 e. The van der Waals surface area contributed by atoms with Crippen LogP contribution in [0.2, 0.25) is 0 Å². The Morgan fingerprint density at radius 3 is 2.38 bits per heavy atom. The van der Waals surface area contributed by atoms with E-state index in [4.69, 9.17) is 0 Å². The van der Waals surface area contributed by atoms with Gasteiger partial charge in [-0.3, -0.25) is 0 Å². The van der Waals surface area contributed by atoms with Gasteiger partial charge in [-0.1, -0.05) is 37.3 Å². The normalized spacial score (nSPS) is 16.0. The molecule has 0 saturated carbocycles. The molecule has 0 aromatic heterocycles. The molecule has 0 aliphatic heterocycles. The zero-order valence-electron chi connectivity index (χ0n) is 12.7. The molecule has 21 heavy (non-hydrogen) atoms. The molecule has 2 aromatic carbocycles. The predicted molar refractivity (Wildman–Crippen MR) is 84.9 cm³/mol. The molecule has 0 bridgehead atoms. The van der Waals surface area contributed by atoms with Crippen molar-refractivity contribution in [3.05, 3.63) is 70.5 Å². The molecule has 1 nitrogen and oxygen atoms in total. The third-order valence-electron chi connectivity index (χ3n) is 4.40. The first-order chi connectivity index (χ1) is 10.2. The minimum atomic E-state index is -0.136. The molecule has 1 atom stereocenters. The Labute approximate surface area is 126 Å². The van der Waals surface area contributed by atoms with Crippen LogP contribution in [0.1, 0.15) is 35.2 Å². The lowest BCUT2D eigenvalue weighted by Gasteiger charge is -2.25. The topological polar surface area (TPSA) is 12.0 Å². The molecule has 0 fully saturated rings. The third-order valence-corrected chi connectivity index (χ3v) is 4.40. The Balaban J connectivity index is 1.89. The van der Waals surface area contributed by atoms with Crippen LogP contribution >= 0.6 is 0 Å². The minimum absolute atomic E-state index is 0.136. The van der Waals surface area contributed by atoms with Gasteiger partial charge in [-0.2, -0.15) is 0 Å². The highest BCUT2D eigenvalue weighted by molar-refractivity contribution is 5.35. The zero-order chi connectivity index (χ0) is 14.8. The molecule has 0 amide bonds. The lowest BCUT2D eigenvalue weighted by atomic mass is 9.89. The maximum atomic E-state index is 13.8. The monoisotopic (exact) mass is 283 g/mol. The Morgan fingerprint density at radius 2 is 1.81 bits per heavy atom. The summed E-state index contributed by atoms with van der Waals surface area (Å²) in [6.07, 6.45) is 2.15. The quantitative estimate of drug-likeness (QED) is 0.886. The molecule has 1 N–H and O–H groups in total. The summed E-state index contributed by atoms with van der Waals surface area (Å²) in [5.74, 6) is 0.368. The molecule has 2 aromatic rings. The summed E-state index contributed by atoms with van der Waals surface area (Å²) in [5.41, 5.74) is 4.95. The summed E-state index contributed by atoms with van der Waals surface area (Å²) in [7, 11) is 0. The van der Waals surface area contributed by atoms with Crippen molar-refractivity contribution in [1.29, 1.82) is 0 Å². The zero-order valence-corrected chi connectivity index (χ0v) is 12.7. The Bertz CT molecular complexity index is 590. The van der Waals surface area contributed by atoms with Crippen LogP contribution in [0.4, 0.5) is 4.39 Å². The van der Waals surface area contributed by atoms with E-state index in [9.17, 15) is 4.39 Å². The van der Waals surface area contributed by atoms with E-state index < -0.39 is 0 Å². The molecular formula is C19H22FN. The van der Waals surface area contributed by atoms with Gasteiger partial charge in [0, 0.05) is 6.04 Å². The standard InChI is InChI=1S/C19H22FN/c1-3-21-19(16-8-13(2)9-18(20)12-16)17-10-14-6-4-5-7-15(14)11-17/h4-9,12,17,19,21H,3,10-11H2,1-2H3.